The topological polar surface area (TPSA) is 63.8 Å². The van der Waals surface area contributed by atoms with Gasteiger partial charge in [0.25, 0.3) is 0 Å². The maximum Gasteiger partial charge on any atom is 0.307 e. The van der Waals surface area contributed by atoms with Crippen LogP contribution in [0.1, 0.15) is 27.2 Å². The number of ether oxygens (including phenoxy) is 1. The van der Waals surface area contributed by atoms with Gasteiger partial charge in [-0.15, -0.1) is 0 Å². The summed E-state index contributed by atoms with van der Waals surface area (Å²) in [6, 6.07) is 21.3. The molecule has 0 aliphatic carbocycles. The number of aryl methyl sites for hydroxylation is 1. The molecule has 1 N–H and O–H groups in total. The van der Waals surface area contributed by atoms with E-state index < -0.39 is 5.91 Å². The Balaban J connectivity index is 1.34. The third-order valence-corrected chi connectivity index (χ3v) is 5.80. The van der Waals surface area contributed by atoms with Crippen molar-refractivity contribution in [1.29, 1.82) is 0 Å². The lowest BCUT2D eigenvalue weighted by Crippen LogP contribution is -2.16. The van der Waals surface area contributed by atoms with Crippen molar-refractivity contribution in [3.63, 3.8) is 0 Å². The number of furan rings is 1. The van der Waals surface area contributed by atoms with E-state index in [4.69, 9.17) is 9.15 Å². The molecule has 3 aromatic carbocycles. The minimum absolute atomic E-state index is 0.211. The average molecular weight is 589 g/mol. The quantitative estimate of drug-likeness (QED) is 0.160. The summed E-state index contributed by atoms with van der Waals surface area (Å²) in [5.74, 6) is 0.574. The van der Waals surface area contributed by atoms with Crippen molar-refractivity contribution >= 4 is 61.6 Å². The van der Waals surface area contributed by atoms with Gasteiger partial charge in [-0.1, -0.05) is 45.8 Å². The van der Waals surface area contributed by atoms with E-state index in [-0.39, 0.29) is 5.76 Å². The summed E-state index contributed by atoms with van der Waals surface area (Å²) >= 11 is 5.62. The maximum absolute atomic E-state index is 12.3. The molecule has 0 saturated carbocycles. The fourth-order valence-electron chi connectivity index (χ4n) is 2.91. The van der Waals surface area contributed by atoms with Crippen LogP contribution in [0.2, 0.25) is 0 Å². The summed E-state index contributed by atoms with van der Waals surface area (Å²) < 4.78 is 13.3. The van der Waals surface area contributed by atoms with Crippen LogP contribution in [0, 0.1) is 10.5 Å². The van der Waals surface area contributed by atoms with Crippen LogP contribution < -0.4 is 10.2 Å². The van der Waals surface area contributed by atoms with Crippen LogP contribution in [0.15, 0.2) is 80.7 Å². The predicted molar refractivity (Wildman–Crippen MR) is 134 cm³/mol. The summed E-state index contributed by atoms with van der Waals surface area (Å²) in [6.07, 6.45) is 1.57. The molecule has 7 heteroatoms. The minimum Gasteiger partial charge on any atom is -0.489 e. The molecule has 0 bridgehead atoms. The van der Waals surface area contributed by atoms with E-state index in [1.165, 1.54) is 5.56 Å². The number of nitrogens with one attached hydrogen (secondary N) is 1. The molecule has 0 saturated heterocycles. The van der Waals surface area contributed by atoms with Gasteiger partial charge >= 0.3 is 5.91 Å². The Morgan fingerprint density at radius 2 is 1.87 bits per heavy atom. The molecule has 1 aromatic heterocycles. The van der Waals surface area contributed by atoms with Gasteiger partial charge in [-0.25, -0.2) is 5.43 Å². The molecule has 0 aliphatic rings. The van der Waals surface area contributed by atoms with Gasteiger partial charge in [0.2, 0.25) is 0 Å². The van der Waals surface area contributed by atoms with Gasteiger partial charge in [-0.3, -0.25) is 4.79 Å². The molecule has 1 amide bonds. The van der Waals surface area contributed by atoms with E-state index in [1.54, 1.807) is 12.3 Å². The van der Waals surface area contributed by atoms with Crippen LogP contribution in [-0.2, 0) is 6.61 Å². The molecule has 0 radical (unpaired) electrons. The summed E-state index contributed by atoms with van der Waals surface area (Å²) in [5, 5.41) is 4.88. The fourth-order valence-corrected chi connectivity index (χ4v) is 4.57. The first-order valence-electron chi connectivity index (χ1n) is 9.48. The Labute approximate surface area is 201 Å². The number of halogens is 2. The number of fused-ring (bicyclic) bond motifs is 1. The Hall–Kier alpha value is -2.65. The fraction of sp³-hybridized carbons (Fsp3) is 0.0833. The number of hydrazone groups is 1. The third-order valence-electron chi connectivity index (χ3n) is 4.55. The van der Waals surface area contributed by atoms with Crippen molar-refractivity contribution in [2.24, 2.45) is 5.10 Å². The van der Waals surface area contributed by atoms with E-state index >= 15 is 0 Å². The predicted octanol–water partition coefficient (Wildman–Crippen LogP) is 6.45. The van der Waals surface area contributed by atoms with Crippen molar-refractivity contribution in [1.82, 2.24) is 5.43 Å². The van der Waals surface area contributed by atoms with Gasteiger partial charge in [0.05, 0.1) is 9.78 Å². The summed E-state index contributed by atoms with van der Waals surface area (Å²) in [6.45, 7) is 2.57. The molecule has 156 valence electrons. The zero-order chi connectivity index (χ0) is 21.8. The molecule has 4 aromatic rings. The Bertz CT molecular complexity index is 1250. The van der Waals surface area contributed by atoms with E-state index in [9.17, 15) is 4.79 Å². The minimum atomic E-state index is -0.405. The van der Waals surface area contributed by atoms with Crippen LogP contribution in [0.25, 0.3) is 11.0 Å². The number of hydrogen-bond donors (Lipinski definition) is 1. The number of carbonyl (C=O) groups is 1. The molecular weight excluding hydrogens is 571 g/mol. The van der Waals surface area contributed by atoms with Gasteiger partial charge in [0.1, 0.15) is 17.9 Å². The van der Waals surface area contributed by atoms with Gasteiger partial charge in [0.15, 0.2) is 5.76 Å². The Morgan fingerprint density at radius 3 is 2.61 bits per heavy atom. The second kappa shape index (κ2) is 9.65. The number of carbonyl (C=O) groups excluding carboxylic acids is 1. The van der Waals surface area contributed by atoms with E-state index in [2.05, 4.69) is 80.2 Å². The highest BCUT2D eigenvalue weighted by atomic mass is 127. The SMILES string of the molecule is Cc1ccc(COc2ccc(/C=N\NC(=O)c3cc4cc(Br)cc(I)c4o3)cc2)cc1. The molecule has 0 fully saturated rings. The summed E-state index contributed by atoms with van der Waals surface area (Å²) in [5.41, 5.74) is 6.36. The lowest BCUT2D eigenvalue weighted by molar-refractivity contribution is 0.0929. The molecule has 4 rings (SSSR count). The number of benzene rings is 3. The van der Waals surface area contributed by atoms with Crippen molar-refractivity contribution in [3.8, 4) is 5.75 Å². The molecule has 1 heterocycles. The summed E-state index contributed by atoms with van der Waals surface area (Å²) in [7, 11) is 0. The summed E-state index contributed by atoms with van der Waals surface area (Å²) in [4.78, 5) is 12.3. The van der Waals surface area contributed by atoms with Crippen molar-refractivity contribution in [2.75, 3.05) is 0 Å². The van der Waals surface area contributed by atoms with Crippen LogP contribution in [0.4, 0.5) is 0 Å². The van der Waals surface area contributed by atoms with Crippen LogP contribution in [0.5, 0.6) is 5.75 Å². The smallest absolute Gasteiger partial charge is 0.307 e. The van der Waals surface area contributed by atoms with E-state index in [0.29, 0.717) is 12.2 Å². The van der Waals surface area contributed by atoms with Gasteiger partial charge in [-0.2, -0.15) is 5.10 Å². The molecule has 0 spiro atoms. The Morgan fingerprint density at radius 1 is 1.13 bits per heavy atom. The molecule has 0 unspecified atom stereocenters. The van der Waals surface area contributed by atoms with Crippen molar-refractivity contribution in [3.05, 3.63) is 97.2 Å². The van der Waals surface area contributed by atoms with Crippen LogP contribution in [-0.4, -0.2) is 12.1 Å². The third kappa shape index (κ3) is 5.54. The molecule has 0 atom stereocenters. The molecule has 0 aliphatic heterocycles. The zero-order valence-corrected chi connectivity index (χ0v) is 20.3. The van der Waals surface area contributed by atoms with Gasteiger partial charge < -0.3 is 9.15 Å². The molecular formula is C24H18BrIN2O3. The van der Waals surface area contributed by atoms with Gasteiger partial charge in [0, 0.05) is 9.86 Å². The molecule has 31 heavy (non-hydrogen) atoms. The first-order chi connectivity index (χ1) is 15.0. The standard InChI is InChI=1S/C24H18BrIN2O3/c1-15-2-4-17(5-3-15)14-30-20-8-6-16(7-9-20)13-27-28-24(29)22-11-18-10-19(25)12-21(26)23(18)31-22/h2-13H,14H2,1H3,(H,28,29)/b27-13-. The average Bonchev–Trinajstić information content (AvgIpc) is 3.19. The zero-order valence-electron chi connectivity index (χ0n) is 16.6. The highest BCUT2D eigenvalue weighted by Gasteiger charge is 2.14. The second-order valence-electron chi connectivity index (χ2n) is 6.96. The number of amides is 1. The first-order valence-corrected chi connectivity index (χ1v) is 11.4. The largest absolute Gasteiger partial charge is 0.489 e. The van der Waals surface area contributed by atoms with Crippen molar-refractivity contribution < 1.29 is 13.9 Å². The molecule has 5 nitrogen and oxygen atoms in total. The number of rotatable bonds is 6. The number of nitrogens with zero attached hydrogens (tertiary/aromatic N) is 1. The highest BCUT2D eigenvalue weighted by Crippen LogP contribution is 2.28. The van der Waals surface area contributed by atoms with Crippen LogP contribution in [0.3, 0.4) is 0 Å². The lowest BCUT2D eigenvalue weighted by Gasteiger charge is -2.06. The maximum atomic E-state index is 12.3. The van der Waals surface area contributed by atoms with E-state index in [0.717, 1.165) is 30.3 Å². The second-order valence-corrected chi connectivity index (χ2v) is 9.04. The Kier molecular flexibility index (Phi) is 6.72. The van der Waals surface area contributed by atoms with Gasteiger partial charge in [-0.05, 0) is 83.1 Å². The van der Waals surface area contributed by atoms with E-state index in [1.807, 2.05) is 36.4 Å². The lowest BCUT2D eigenvalue weighted by atomic mass is 10.2. The highest BCUT2D eigenvalue weighted by molar-refractivity contribution is 14.1. The monoisotopic (exact) mass is 588 g/mol. The van der Waals surface area contributed by atoms with Crippen LogP contribution >= 0.6 is 38.5 Å². The van der Waals surface area contributed by atoms with Crippen molar-refractivity contribution in [2.45, 2.75) is 13.5 Å². The normalized spacial score (nSPS) is 11.2. The first kappa shape index (κ1) is 21.6. The number of hydrogen-bond acceptors (Lipinski definition) is 4.